The summed E-state index contributed by atoms with van der Waals surface area (Å²) in [5.41, 5.74) is 0.547. The van der Waals surface area contributed by atoms with Crippen LogP contribution in [-0.2, 0) is 6.18 Å². The predicted octanol–water partition coefficient (Wildman–Crippen LogP) is 5.20. The minimum absolute atomic E-state index is 0.207. The number of halogens is 4. The zero-order valence-electron chi connectivity index (χ0n) is 11.9. The van der Waals surface area contributed by atoms with E-state index in [0.29, 0.717) is 17.7 Å². The predicted molar refractivity (Wildman–Crippen MR) is 78.4 cm³/mol. The Bertz CT molecular complexity index is 891. The average Bonchev–Trinajstić information content (AvgIpc) is 3.24. The van der Waals surface area contributed by atoms with E-state index in [4.69, 9.17) is 0 Å². The summed E-state index contributed by atoms with van der Waals surface area (Å²) in [5.74, 6) is -0.899. The molecule has 1 saturated carbocycles. The highest BCUT2D eigenvalue weighted by Crippen LogP contribution is 2.36. The van der Waals surface area contributed by atoms with Gasteiger partial charge in [-0.05, 0) is 54.3 Å². The average molecular weight is 320 g/mol. The lowest BCUT2D eigenvalue weighted by atomic mass is 10.0. The number of nitrogens with zero attached hydrogens (tertiary/aromatic N) is 2. The van der Waals surface area contributed by atoms with E-state index in [1.165, 1.54) is 0 Å². The molecule has 0 amide bonds. The summed E-state index contributed by atoms with van der Waals surface area (Å²) in [4.78, 5) is 0. The number of aromatic nitrogens is 2. The summed E-state index contributed by atoms with van der Waals surface area (Å²) in [5, 5.41) is 5.29. The summed E-state index contributed by atoms with van der Waals surface area (Å²) >= 11 is 0. The van der Waals surface area contributed by atoms with Crippen LogP contribution in [0.2, 0.25) is 0 Å². The van der Waals surface area contributed by atoms with Crippen LogP contribution in [0, 0.1) is 5.82 Å². The fraction of sp³-hybridized carbons (Fsp3) is 0.235. The van der Waals surface area contributed by atoms with Gasteiger partial charge in [0.2, 0.25) is 0 Å². The maximum absolute atomic E-state index is 13.6. The van der Waals surface area contributed by atoms with Gasteiger partial charge < -0.3 is 0 Å². The molecule has 23 heavy (non-hydrogen) atoms. The van der Waals surface area contributed by atoms with Crippen molar-refractivity contribution in [3.63, 3.8) is 0 Å². The molecule has 118 valence electrons. The first-order valence-electron chi connectivity index (χ1n) is 7.27. The van der Waals surface area contributed by atoms with Gasteiger partial charge in [0, 0.05) is 11.6 Å². The smallest absolute Gasteiger partial charge is 0.268 e. The van der Waals surface area contributed by atoms with Crippen LogP contribution < -0.4 is 0 Å². The van der Waals surface area contributed by atoms with E-state index in [2.05, 4.69) is 5.10 Å². The maximum Gasteiger partial charge on any atom is 0.416 e. The Hall–Kier alpha value is -2.37. The van der Waals surface area contributed by atoms with Gasteiger partial charge in [-0.25, -0.2) is 4.39 Å². The molecule has 2 aromatic carbocycles. The maximum atomic E-state index is 13.6. The van der Waals surface area contributed by atoms with Crippen molar-refractivity contribution in [2.45, 2.75) is 25.1 Å². The summed E-state index contributed by atoms with van der Waals surface area (Å²) in [6.45, 7) is 0. The number of benzene rings is 2. The minimum atomic E-state index is -4.57. The Balaban J connectivity index is 1.80. The topological polar surface area (TPSA) is 17.8 Å². The molecule has 2 nitrogen and oxygen atoms in total. The summed E-state index contributed by atoms with van der Waals surface area (Å²) < 4.78 is 54.0. The zero-order valence-corrected chi connectivity index (χ0v) is 11.9. The first-order chi connectivity index (χ1) is 10.9. The van der Waals surface area contributed by atoms with Crippen molar-refractivity contribution in [1.29, 1.82) is 0 Å². The van der Waals surface area contributed by atoms with E-state index < -0.39 is 17.6 Å². The third kappa shape index (κ3) is 2.69. The second kappa shape index (κ2) is 4.81. The van der Waals surface area contributed by atoms with Crippen LogP contribution in [-0.4, -0.2) is 9.78 Å². The molecule has 0 atom stereocenters. The van der Waals surface area contributed by atoms with E-state index in [1.807, 2.05) is 10.9 Å². The quantitative estimate of drug-likeness (QED) is 0.594. The normalized spacial score (nSPS) is 15.3. The van der Waals surface area contributed by atoms with Gasteiger partial charge in [-0.15, -0.1) is 0 Å². The van der Waals surface area contributed by atoms with Gasteiger partial charge in [0.05, 0.1) is 17.1 Å². The van der Waals surface area contributed by atoms with E-state index in [9.17, 15) is 17.6 Å². The van der Waals surface area contributed by atoms with Crippen LogP contribution >= 0.6 is 0 Å². The fourth-order valence-corrected chi connectivity index (χ4v) is 2.67. The van der Waals surface area contributed by atoms with E-state index in [1.54, 1.807) is 18.2 Å². The second-order valence-corrected chi connectivity index (χ2v) is 5.84. The standard InChI is InChI=1S/C17H12F4N2/c18-14-7-11(6-13(8-14)17(19,20)21)10-1-4-16-12(5-10)9-23(22-16)15-2-3-15/h1,4-9,15H,2-3H2. The van der Waals surface area contributed by atoms with E-state index in [0.717, 1.165) is 35.9 Å². The highest BCUT2D eigenvalue weighted by molar-refractivity contribution is 5.84. The van der Waals surface area contributed by atoms with E-state index >= 15 is 0 Å². The third-order valence-corrected chi connectivity index (χ3v) is 4.00. The zero-order chi connectivity index (χ0) is 16.2. The molecule has 1 fully saturated rings. The van der Waals surface area contributed by atoms with Crippen molar-refractivity contribution in [2.24, 2.45) is 0 Å². The van der Waals surface area contributed by atoms with Crippen LogP contribution in [0.5, 0.6) is 0 Å². The molecule has 4 rings (SSSR count). The summed E-state index contributed by atoms with van der Waals surface area (Å²) in [7, 11) is 0. The van der Waals surface area contributed by atoms with Gasteiger partial charge in [0.1, 0.15) is 5.82 Å². The van der Waals surface area contributed by atoms with Gasteiger partial charge in [-0.1, -0.05) is 6.07 Å². The Morgan fingerprint density at radius 2 is 1.78 bits per heavy atom. The molecule has 0 spiro atoms. The van der Waals surface area contributed by atoms with E-state index in [-0.39, 0.29) is 5.56 Å². The number of hydrogen-bond acceptors (Lipinski definition) is 1. The lowest BCUT2D eigenvalue weighted by Crippen LogP contribution is -2.05. The molecule has 6 heteroatoms. The Labute approximate surface area is 129 Å². The molecule has 1 aliphatic rings. The van der Waals surface area contributed by atoms with Gasteiger partial charge in [0.15, 0.2) is 0 Å². The molecule has 0 bridgehead atoms. The molecule has 0 N–H and O–H groups in total. The fourth-order valence-electron chi connectivity index (χ4n) is 2.67. The van der Waals surface area contributed by atoms with Gasteiger partial charge >= 0.3 is 6.18 Å². The van der Waals surface area contributed by atoms with Crippen LogP contribution in [0.3, 0.4) is 0 Å². The molecule has 1 aliphatic carbocycles. The summed E-state index contributed by atoms with van der Waals surface area (Å²) in [6, 6.07) is 8.18. The van der Waals surface area contributed by atoms with Crippen LogP contribution in [0.15, 0.2) is 42.6 Å². The van der Waals surface area contributed by atoms with Gasteiger partial charge in [-0.2, -0.15) is 18.3 Å². The molecular weight excluding hydrogens is 308 g/mol. The van der Waals surface area contributed by atoms with Gasteiger partial charge in [0.25, 0.3) is 0 Å². The number of alkyl halides is 3. The SMILES string of the molecule is Fc1cc(-c2ccc3nn(C4CC4)cc3c2)cc(C(F)(F)F)c1. The van der Waals surface area contributed by atoms with Crippen molar-refractivity contribution >= 4 is 10.9 Å². The summed E-state index contributed by atoms with van der Waals surface area (Å²) in [6.07, 6.45) is -0.488. The molecule has 1 heterocycles. The Morgan fingerprint density at radius 1 is 1.00 bits per heavy atom. The first-order valence-corrected chi connectivity index (χ1v) is 7.27. The lowest BCUT2D eigenvalue weighted by Gasteiger charge is -2.09. The van der Waals surface area contributed by atoms with Crippen molar-refractivity contribution in [3.05, 3.63) is 54.0 Å². The lowest BCUT2D eigenvalue weighted by molar-refractivity contribution is -0.137. The molecule has 0 aliphatic heterocycles. The molecule has 0 radical (unpaired) electrons. The monoisotopic (exact) mass is 320 g/mol. The number of fused-ring (bicyclic) bond motifs is 1. The Kier molecular flexibility index (Phi) is 2.98. The van der Waals surface area contributed by atoms with Crippen molar-refractivity contribution in [2.75, 3.05) is 0 Å². The number of hydrogen-bond donors (Lipinski definition) is 0. The third-order valence-electron chi connectivity index (χ3n) is 4.00. The van der Waals surface area contributed by atoms with Crippen molar-refractivity contribution < 1.29 is 17.6 Å². The van der Waals surface area contributed by atoms with Crippen molar-refractivity contribution in [3.8, 4) is 11.1 Å². The molecule has 0 unspecified atom stereocenters. The molecule has 0 saturated heterocycles. The first kappa shape index (κ1) is 14.2. The largest absolute Gasteiger partial charge is 0.416 e. The highest BCUT2D eigenvalue weighted by Gasteiger charge is 2.31. The van der Waals surface area contributed by atoms with Crippen LogP contribution in [0.1, 0.15) is 24.4 Å². The minimum Gasteiger partial charge on any atom is -0.268 e. The molecule has 1 aromatic heterocycles. The van der Waals surface area contributed by atoms with Crippen LogP contribution in [0.25, 0.3) is 22.0 Å². The molecule has 3 aromatic rings. The van der Waals surface area contributed by atoms with Crippen LogP contribution in [0.4, 0.5) is 17.6 Å². The highest BCUT2D eigenvalue weighted by atomic mass is 19.4. The molecular formula is C17H12F4N2. The van der Waals surface area contributed by atoms with Crippen molar-refractivity contribution in [1.82, 2.24) is 9.78 Å². The van der Waals surface area contributed by atoms with Gasteiger partial charge in [-0.3, -0.25) is 4.68 Å². The number of rotatable bonds is 2. The second-order valence-electron chi connectivity index (χ2n) is 5.84. The Morgan fingerprint density at radius 3 is 2.48 bits per heavy atom.